The summed E-state index contributed by atoms with van der Waals surface area (Å²) in [4.78, 5) is 9.83. The Hall–Kier alpha value is -2.48. The summed E-state index contributed by atoms with van der Waals surface area (Å²) >= 11 is 0. The molecule has 2 rings (SSSR count). The minimum Gasteiger partial charge on any atom is -0.366 e. The first-order chi connectivity index (χ1) is 9.81. The van der Waals surface area contributed by atoms with Crippen LogP contribution < -0.4 is 10.5 Å². The number of nitrogens with two attached hydrogens (primary N) is 1. The largest absolute Gasteiger partial charge is 0.366 e. The van der Waals surface area contributed by atoms with Crippen molar-refractivity contribution in [2.24, 2.45) is 5.73 Å². The molecule has 0 saturated carbocycles. The molecule has 0 bridgehead atoms. The molecule has 0 saturated heterocycles. The number of carbonyl (C=O) groups is 1. The Kier molecular flexibility index (Phi) is 3.90. The minimum atomic E-state index is -4.42. The molecule has 0 fully saturated rings. The summed E-state index contributed by atoms with van der Waals surface area (Å²) in [5.41, 5.74) is 5.27. The van der Waals surface area contributed by atoms with E-state index in [-0.39, 0.29) is 11.3 Å². The van der Waals surface area contributed by atoms with Crippen molar-refractivity contribution in [1.29, 1.82) is 0 Å². The number of amides is 1. The summed E-state index contributed by atoms with van der Waals surface area (Å²) in [5, 5.41) is 0. The van der Waals surface area contributed by atoms with Crippen molar-refractivity contribution in [2.45, 2.75) is 4.90 Å². The van der Waals surface area contributed by atoms with Crippen LogP contribution in [0.4, 0.5) is 14.5 Å². The van der Waals surface area contributed by atoms with E-state index in [9.17, 15) is 22.0 Å². The van der Waals surface area contributed by atoms with E-state index in [1.54, 1.807) is 0 Å². The molecule has 3 N–H and O–H groups in total. The van der Waals surface area contributed by atoms with Gasteiger partial charge in [0.05, 0.1) is 0 Å². The highest BCUT2D eigenvalue weighted by Gasteiger charge is 2.23. The number of carbonyl (C=O) groups excluding carboxylic acids is 1. The molecule has 0 heterocycles. The monoisotopic (exact) mass is 312 g/mol. The Bertz CT molecular complexity index is 769. The predicted octanol–water partition coefficient (Wildman–Crippen LogP) is 1.86. The van der Waals surface area contributed by atoms with E-state index in [4.69, 9.17) is 5.73 Å². The highest BCUT2D eigenvalue weighted by molar-refractivity contribution is 7.92. The lowest BCUT2D eigenvalue weighted by atomic mass is 10.2. The lowest BCUT2D eigenvalue weighted by Crippen LogP contribution is -2.16. The van der Waals surface area contributed by atoms with Crippen molar-refractivity contribution in [2.75, 3.05) is 4.72 Å². The Labute approximate surface area is 119 Å². The Morgan fingerprint density at radius 3 is 2.00 bits per heavy atom. The van der Waals surface area contributed by atoms with Crippen LogP contribution in [0.15, 0.2) is 47.4 Å². The Morgan fingerprint density at radius 1 is 1.00 bits per heavy atom. The third kappa shape index (κ3) is 3.16. The number of anilines is 1. The van der Waals surface area contributed by atoms with E-state index in [2.05, 4.69) is 0 Å². The fourth-order valence-electron chi connectivity index (χ4n) is 1.65. The highest BCUT2D eigenvalue weighted by atomic mass is 32.2. The molecule has 2 aromatic carbocycles. The van der Waals surface area contributed by atoms with Gasteiger partial charge in [-0.1, -0.05) is 6.07 Å². The zero-order chi connectivity index (χ0) is 15.6. The van der Waals surface area contributed by atoms with Crippen LogP contribution in [0.5, 0.6) is 0 Å². The van der Waals surface area contributed by atoms with E-state index >= 15 is 0 Å². The van der Waals surface area contributed by atoms with Gasteiger partial charge in [0.25, 0.3) is 10.0 Å². The molecule has 1 amide bonds. The van der Waals surface area contributed by atoms with Crippen molar-refractivity contribution in [1.82, 2.24) is 0 Å². The minimum absolute atomic E-state index is 0.0441. The second-order valence-electron chi connectivity index (χ2n) is 4.10. The number of benzene rings is 2. The van der Waals surface area contributed by atoms with Crippen molar-refractivity contribution in [3.05, 3.63) is 59.7 Å². The fourth-order valence-corrected chi connectivity index (χ4v) is 2.85. The summed E-state index contributed by atoms with van der Waals surface area (Å²) in [6, 6.07) is 7.84. The number of rotatable bonds is 4. The molecule has 0 spiro atoms. The average molecular weight is 312 g/mol. The first-order valence-corrected chi connectivity index (χ1v) is 7.16. The molecule has 8 heteroatoms. The zero-order valence-electron chi connectivity index (χ0n) is 10.5. The lowest BCUT2D eigenvalue weighted by molar-refractivity contribution is 0.100. The first kappa shape index (κ1) is 14.9. The average Bonchev–Trinajstić information content (AvgIpc) is 2.38. The molecule has 0 aromatic heterocycles. The third-order valence-electron chi connectivity index (χ3n) is 2.61. The van der Waals surface area contributed by atoms with Gasteiger partial charge in [-0.2, -0.15) is 0 Å². The predicted molar refractivity (Wildman–Crippen MR) is 72.1 cm³/mol. The zero-order valence-corrected chi connectivity index (χ0v) is 11.3. The van der Waals surface area contributed by atoms with Crippen LogP contribution in [0, 0.1) is 11.6 Å². The first-order valence-electron chi connectivity index (χ1n) is 5.68. The fraction of sp³-hybridized carbons (Fsp3) is 0. The van der Waals surface area contributed by atoms with E-state index < -0.39 is 32.5 Å². The lowest BCUT2D eigenvalue weighted by Gasteiger charge is -2.09. The third-order valence-corrected chi connectivity index (χ3v) is 4.04. The SMILES string of the molecule is NC(=O)c1ccc(NS(=O)(=O)c2c(F)cccc2F)cc1. The van der Waals surface area contributed by atoms with Gasteiger partial charge in [0.1, 0.15) is 11.6 Å². The van der Waals surface area contributed by atoms with E-state index in [0.717, 1.165) is 18.2 Å². The molecule has 5 nitrogen and oxygen atoms in total. The highest BCUT2D eigenvalue weighted by Crippen LogP contribution is 2.21. The van der Waals surface area contributed by atoms with Crippen molar-refractivity contribution in [3.63, 3.8) is 0 Å². The smallest absolute Gasteiger partial charge is 0.267 e. The summed E-state index contributed by atoms with van der Waals surface area (Å²) in [5.74, 6) is -3.07. The van der Waals surface area contributed by atoms with Crippen molar-refractivity contribution in [3.8, 4) is 0 Å². The number of primary amides is 1. The molecule has 2 aromatic rings. The van der Waals surface area contributed by atoms with Gasteiger partial charge in [0.15, 0.2) is 4.90 Å². The van der Waals surface area contributed by atoms with Gasteiger partial charge in [-0.3, -0.25) is 9.52 Å². The standard InChI is InChI=1S/C13H10F2N2O3S/c14-10-2-1-3-11(15)12(10)21(19,20)17-9-6-4-8(5-7-9)13(16)18/h1-7,17H,(H2,16,18). The number of hydrogen-bond acceptors (Lipinski definition) is 3. The van der Waals surface area contributed by atoms with Gasteiger partial charge in [0.2, 0.25) is 5.91 Å². The summed E-state index contributed by atoms with van der Waals surface area (Å²) < 4.78 is 53.0. The second kappa shape index (κ2) is 5.49. The van der Waals surface area contributed by atoms with Crippen LogP contribution in [-0.2, 0) is 10.0 Å². The maximum atomic E-state index is 13.5. The number of nitrogens with one attached hydrogen (secondary N) is 1. The molecule has 0 unspecified atom stereocenters. The summed E-state index contributed by atoms with van der Waals surface area (Å²) in [7, 11) is -4.42. The van der Waals surface area contributed by atoms with Crippen LogP contribution in [0.1, 0.15) is 10.4 Å². The molecular weight excluding hydrogens is 302 g/mol. The van der Waals surface area contributed by atoms with Crippen LogP contribution in [0.3, 0.4) is 0 Å². The van der Waals surface area contributed by atoms with Crippen molar-refractivity contribution < 1.29 is 22.0 Å². The van der Waals surface area contributed by atoms with Crippen LogP contribution >= 0.6 is 0 Å². The van der Waals surface area contributed by atoms with Gasteiger partial charge in [-0.25, -0.2) is 17.2 Å². The van der Waals surface area contributed by atoms with Gasteiger partial charge >= 0.3 is 0 Å². The van der Waals surface area contributed by atoms with Crippen LogP contribution in [-0.4, -0.2) is 14.3 Å². The van der Waals surface area contributed by atoms with Gasteiger partial charge in [0, 0.05) is 11.3 Å². The Morgan fingerprint density at radius 2 is 1.52 bits per heavy atom. The molecule has 0 aliphatic carbocycles. The van der Waals surface area contributed by atoms with Crippen LogP contribution in [0.25, 0.3) is 0 Å². The molecule has 0 aliphatic heterocycles. The maximum absolute atomic E-state index is 13.5. The molecular formula is C13H10F2N2O3S. The van der Waals surface area contributed by atoms with Crippen LogP contribution in [0.2, 0.25) is 0 Å². The summed E-state index contributed by atoms with van der Waals surface area (Å²) in [6.07, 6.45) is 0. The van der Waals surface area contributed by atoms with E-state index in [0.29, 0.717) is 0 Å². The number of sulfonamides is 1. The van der Waals surface area contributed by atoms with Gasteiger partial charge in [-0.15, -0.1) is 0 Å². The normalized spacial score (nSPS) is 11.1. The quantitative estimate of drug-likeness (QED) is 0.903. The van der Waals surface area contributed by atoms with Crippen molar-refractivity contribution >= 4 is 21.6 Å². The number of halogens is 2. The molecule has 0 radical (unpaired) electrons. The second-order valence-corrected chi connectivity index (χ2v) is 5.72. The number of hydrogen-bond donors (Lipinski definition) is 2. The molecule has 0 aliphatic rings. The molecule has 21 heavy (non-hydrogen) atoms. The maximum Gasteiger partial charge on any atom is 0.267 e. The molecule has 110 valence electrons. The summed E-state index contributed by atoms with van der Waals surface area (Å²) in [6.45, 7) is 0. The molecule has 0 atom stereocenters. The van der Waals surface area contributed by atoms with E-state index in [1.807, 2.05) is 4.72 Å². The van der Waals surface area contributed by atoms with Gasteiger partial charge < -0.3 is 5.73 Å². The van der Waals surface area contributed by atoms with Gasteiger partial charge in [-0.05, 0) is 36.4 Å². The Balaban J connectivity index is 2.35. The van der Waals surface area contributed by atoms with E-state index in [1.165, 1.54) is 24.3 Å². The topological polar surface area (TPSA) is 89.3 Å².